The van der Waals surface area contributed by atoms with Gasteiger partial charge in [-0.3, -0.25) is 4.90 Å². The number of nitrogens with one attached hydrogen (secondary N) is 1. The highest BCUT2D eigenvalue weighted by molar-refractivity contribution is 8.00. The minimum Gasteiger partial charge on any atom is -0.311 e. The largest absolute Gasteiger partial charge is 0.311 e. The van der Waals surface area contributed by atoms with Crippen molar-refractivity contribution in [2.75, 3.05) is 25.9 Å². The van der Waals surface area contributed by atoms with Crippen molar-refractivity contribution in [3.05, 3.63) is 0 Å². The van der Waals surface area contributed by atoms with Crippen LogP contribution in [0.2, 0.25) is 0 Å². The fraction of sp³-hybridized carbons (Fsp3) is 1.00. The first kappa shape index (κ1) is 15.7. The van der Waals surface area contributed by atoms with E-state index in [1.54, 1.807) is 0 Å². The molecule has 0 radical (unpaired) electrons. The van der Waals surface area contributed by atoms with Crippen LogP contribution in [0, 0.1) is 5.92 Å². The molecule has 2 rings (SSSR count). The van der Waals surface area contributed by atoms with Crippen LogP contribution in [0.25, 0.3) is 0 Å². The van der Waals surface area contributed by atoms with E-state index in [0.717, 1.165) is 12.0 Å². The molecule has 1 aliphatic heterocycles. The van der Waals surface area contributed by atoms with E-state index in [-0.39, 0.29) is 0 Å². The predicted molar refractivity (Wildman–Crippen MR) is 87.0 cm³/mol. The highest BCUT2D eigenvalue weighted by atomic mass is 32.2. The molecule has 2 fully saturated rings. The standard InChI is InChI=1S/C16H32N2S/c1-5-14-11-18(15(10-17-14)13(2)3)12-16(19-4)8-6-7-9-16/h13-15,17H,5-12H2,1-4H3. The normalized spacial score (nSPS) is 32.1. The third-order valence-electron chi connectivity index (χ3n) is 5.24. The van der Waals surface area contributed by atoms with Crippen molar-refractivity contribution in [1.82, 2.24) is 10.2 Å². The number of hydrogen-bond acceptors (Lipinski definition) is 3. The second kappa shape index (κ2) is 6.82. The number of piperazine rings is 1. The van der Waals surface area contributed by atoms with Crippen LogP contribution in [0.1, 0.15) is 52.9 Å². The molecule has 0 bridgehead atoms. The summed E-state index contributed by atoms with van der Waals surface area (Å²) in [4.78, 5) is 2.82. The third kappa shape index (κ3) is 3.68. The monoisotopic (exact) mass is 284 g/mol. The minimum absolute atomic E-state index is 0.558. The van der Waals surface area contributed by atoms with Crippen molar-refractivity contribution in [2.24, 2.45) is 5.92 Å². The number of hydrogen-bond donors (Lipinski definition) is 1. The van der Waals surface area contributed by atoms with E-state index in [0.29, 0.717) is 10.8 Å². The lowest BCUT2D eigenvalue weighted by Crippen LogP contribution is -2.60. The van der Waals surface area contributed by atoms with Gasteiger partial charge in [-0.1, -0.05) is 33.6 Å². The summed E-state index contributed by atoms with van der Waals surface area (Å²) < 4.78 is 0.558. The zero-order chi connectivity index (χ0) is 13.9. The van der Waals surface area contributed by atoms with E-state index in [4.69, 9.17) is 0 Å². The summed E-state index contributed by atoms with van der Waals surface area (Å²) in [6.07, 6.45) is 9.33. The van der Waals surface area contributed by atoms with Gasteiger partial charge in [-0.25, -0.2) is 0 Å². The first-order chi connectivity index (χ1) is 9.10. The Bertz CT molecular complexity index is 274. The molecule has 3 heteroatoms. The van der Waals surface area contributed by atoms with Gasteiger partial charge in [-0.15, -0.1) is 0 Å². The van der Waals surface area contributed by atoms with E-state index in [9.17, 15) is 0 Å². The van der Waals surface area contributed by atoms with Crippen molar-refractivity contribution in [3.8, 4) is 0 Å². The number of nitrogens with zero attached hydrogens (tertiary/aromatic N) is 1. The van der Waals surface area contributed by atoms with E-state index in [1.807, 2.05) is 0 Å². The van der Waals surface area contributed by atoms with Crippen LogP contribution in [-0.2, 0) is 0 Å². The van der Waals surface area contributed by atoms with E-state index < -0.39 is 0 Å². The molecule has 2 aliphatic rings. The molecule has 0 aromatic heterocycles. The molecule has 0 aromatic rings. The summed E-state index contributed by atoms with van der Waals surface area (Å²) in [7, 11) is 0. The Morgan fingerprint density at radius 2 is 2.00 bits per heavy atom. The Kier molecular flexibility index (Phi) is 5.62. The number of thioether (sulfide) groups is 1. The summed E-state index contributed by atoms with van der Waals surface area (Å²) >= 11 is 2.13. The van der Waals surface area contributed by atoms with Crippen LogP contribution < -0.4 is 5.32 Å². The molecule has 1 aliphatic carbocycles. The molecule has 0 amide bonds. The summed E-state index contributed by atoms with van der Waals surface area (Å²) in [6, 6.07) is 1.43. The highest BCUT2D eigenvalue weighted by Crippen LogP contribution is 2.41. The lowest BCUT2D eigenvalue weighted by atomic mass is 9.95. The number of rotatable bonds is 5. The van der Waals surface area contributed by atoms with Crippen LogP contribution in [0.4, 0.5) is 0 Å². The maximum absolute atomic E-state index is 3.74. The average Bonchev–Trinajstić information content (AvgIpc) is 2.87. The second-order valence-electron chi connectivity index (χ2n) is 6.85. The maximum atomic E-state index is 3.74. The molecule has 1 saturated carbocycles. The van der Waals surface area contributed by atoms with Crippen LogP contribution >= 0.6 is 11.8 Å². The molecule has 19 heavy (non-hydrogen) atoms. The molecular formula is C16H32N2S. The zero-order valence-corrected chi connectivity index (χ0v) is 14.1. The molecule has 1 saturated heterocycles. The molecule has 112 valence electrons. The SMILES string of the molecule is CCC1CN(CC2(SC)CCCC2)C(C(C)C)CN1. The van der Waals surface area contributed by atoms with Gasteiger partial charge in [0.25, 0.3) is 0 Å². The van der Waals surface area contributed by atoms with Crippen molar-refractivity contribution in [3.63, 3.8) is 0 Å². The molecule has 1 heterocycles. The van der Waals surface area contributed by atoms with Crippen LogP contribution in [0.3, 0.4) is 0 Å². The highest BCUT2D eigenvalue weighted by Gasteiger charge is 2.38. The molecule has 0 aromatic carbocycles. The second-order valence-corrected chi connectivity index (χ2v) is 8.12. The molecule has 0 spiro atoms. The molecule has 2 atom stereocenters. The molecule has 2 unspecified atom stereocenters. The lowest BCUT2D eigenvalue weighted by molar-refractivity contribution is 0.0869. The van der Waals surface area contributed by atoms with Crippen molar-refractivity contribution in [1.29, 1.82) is 0 Å². The topological polar surface area (TPSA) is 15.3 Å². The van der Waals surface area contributed by atoms with E-state index in [2.05, 4.69) is 49.0 Å². The molecule has 1 N–H and O–H groups in total. The van der Waals surface area contributed by atoms with Gasteiger partial charge in [0.1, 0.15) is 0 Å². The van der Waals surface area contributed by atoms with Gasteiger partial charge in [-0.05, 0) is 31.4 Å². The quantitative estimate of drug-likeness (QED) is 0.833. The van der Waals surface area contributed by atoms with Gasteiger partial charge in [0.2, 0.25) is 0 Å². The lowest BCUT2D eigenvalue weighted by Gasteiger charge is -2.46. The smallest absolute Gasteiger partial charge is 0.0284 e. The fourth-order valence-corrected chi connectivity index (χ4v) is 4.82. The van der Waals surface area contributed by atoms with E-state index in [1.165, 1.54) is 51.7 Å². The fourth-order valence-electron chi connectivity index (χ4n) is 3.83. The van der Waals surface area contributed by atoms with Gasteiger partial charge in [0.15, 0.2) is 0 Å². The molecular weight excluding hydrogens is 252 g/mol. The zero-order valence-electron chi connectivity index (χ0n) is 13.2. The van der Waals surface area contributed by atoms with Gasteiger partial charge >= 0.3 is 0 Å². The average molecular weight is 285 g/mol. The van der Waals surface area contributed by atoms with Gasteiger partial charge < -0.3 is 5.32 Å². The maximum Gasteiger partial charge on any atom is 0.0284 e. The van der Waals surface area contributed by atoms with Crippen LogP contribution in [0.15, 0.2) is 0 Å². The Balaban J connectivity index is 2.04. The van der Waals surface area contributed by atoms with Crippen molar-refractivity contribution >= 4 is 11.8 Å². The van der Waals surface area contributed by atoms with Crippen molar-refractivity contribution in [2.45, 2.75) is 69.7 Å². The van der Waals surface area contributed by atoms with Crippen LogP contribution in [-0.4, -0.2) is 47.6 Å². The Hall–Kier alpha value is 0.270. The molecule has 2 nitrogen and oxygen atoms in total. The summed E-state index contributed by atoms with van der Waals surface area (Å²) in [5.74, 6) is 0.755. The van der Waals surface area contributed by atoms with Gasteiger partial charge in [0, 0.05) is 36.5 Å². The summed E-state index contributed by atoms with van der Waals surface area (Å²) in [5, 5.41) is 3.74. The Morgan fingerprint density at radius 1 is 1.32 bits per heavy atom. The van der Waals surface area contributed by atoms with Crippen LogP contribution in [0.5, 0.6) is 0 Å². The first-order valence-corrected chi connectivity index (χ1v) is 9.35. The summed E-state index contributed by atoms with van der Waals surface area (Å²) in [6.45, 7) is 10.8. The Morgan fingerprint density at radius 3 is 2.53 bits per heavy atom. The van der Waals surface area contributed by atoms with E-state index >= 15 is 0 Å². The van der Waals surface area contributed by atoms with Gasteiger partial charge in [0.05, 0.1) is 0 Å². The Labute approximate surface area is 124 Å². The third-order valence-corrected chi connectivity index (χ3v) is 6.64. The predicted octanol–water partition coefficient (Wildman–Crippen LogP) is 3.37. The van der Waals surface area contributed by atoms with Gasteiger partial charge in [-0.2, -0.15) is 11.8 Å². The summed E-state index contributed by atoms with van der Waals surface area (Å²) in [5.41, 5.74) is 0. The van der Waals surface area contributed by atoms with Crippen molar-refractivity contribution < 1.29 is 0 Å². The minimum atomic E-state index is 0.558. The first-order valence-electron chi connectivity index (χ1n) is 8.13.